The number of hydrazone groups is 1. The second kappa shape index (κ2) is 14.0. The van der Waals surface area contributed by atoms with E-state index in [0.717, 1.165) is 21.0 Å². The molecule has 4 aromatic carbocycles. The van der Waals surface area contributed by atoms with Crippen LogP contribution in [0.15, 0.2) is 101 Å². The summed E-state index contributed by atoms with van der Waals surface area (Å²) in [5.74, 6) is 0.485. The zero-order valence-electron chi connectivity index (χ0n) is 23.6. The van der Waals surface area contributed by atoms with Gasteiger partial charge in [-0.05, 0) is 86.0 Å². The Bertz CT molecular complexity index is 1660. The van der Waals surface area contributed by atoms with Crippen LogP contribution in [0.4, 0.5) is 5.69 Å². The highest BCUT2D eigenvalue weighted by Gasteiger charge is 2.28. The number of anilines is 1. The highest BCUT2D eigenvalue weighted by Crippen LogP contribution is 2.30. The summed E-state index contributed by atoms with van der Waals surface area (Å²) in [5, 5.41) is 4.71. The number of nitrogens with zero attached hydrogens (tertiary/aromatic N) is 2. The van der Waals surface area contributed by atoms with Crippen LogP contribution in [-0.4, -0.2) is 33.7 Å². The third kappa shape index (κ3) is 7.90. The molecular weight excluding hydrogens is 574 g/mol. The average molecular weight is 606 g/mol. The zero-order chi connectivity index (χ0) is 30.1. The number of carbonyl (C=O) groups is 1. The Morgan fingerprint density at radius 1 is 0.929 bits per heavy atom. The van der Waals surface area contributed by atoms with Crippen LogP contribution < -0.4 is 19.2 Å². The molecule has 4 rings (SSSR count). The third-order valence-electron chi connectivity index (χ3n) is 6.22. The molecule has 8 nitrogen and oxygen atoms in total. The second-order valence-electron chi connectivity index (χ2n) is 9.46. The molecule has 0 radical (unpaired) electrons. The minimum Gasteiger partial charge on any atom is -0.490 e. The molecule has 0 atom stereocenters. The van der Waals surface area contributed by atoms with Gasteiger partial charge in [-0.3, -0.25) is 9.10 Å². The number of carbonyl (C=O) groups excluding carboxylic acids is 1. The van der Waals surface area contributed by atoms with Crippen molar-refractivity contribution in [2.75, 3.05) is 17.5 Å². The van der Waals surface area contributed by atoms with E-state index in [9.17, 15) is 13.2 Å². The summed E-state index contributed by atoms with van der Waals surface area (Å²) in [4.78, 5) is 13.0. The van der Waals surface area contributed by atoms with Crippen molar-refractivity contribution in [1.29, 1.82) is 0 Å². The first-order chi connectivity index (χ1) is 20.2. The van der Waals surface area contributed by atoms with Gasteiger partial charge in [0, 0.05) is 5.02 Å². The summed E-state index contributed by atoms with van der Waals surface area (Å²) in [6.45, 7) is 5.91. The first-order valence-electron chi connectivity index (χ1n) is 13.3. The van der Waals surface area contributed by atoms with Gasteiger partial charge in [0.1, 0.15) is 13.2 Å². The molecule has 0 saturated heterocycles. The van der Waals surface area contributed by atoms with Crippen molar-refractivity contribution in [2.24, 2.45) is 5.10 Å². The van der Waals surface area contributed by atoms with Crippen molar-refractivity contribution < 1.29 is 22.7 Å². The van der Waals surface area contributed by atoms with E-state index in [2.05, 4.69) is 10.5 Å². The Morgan fingerprint density at radius 2 is 1.67 bits per heavy atom. The van der Waals surface area contributed by atoms with Crippen molar-refractivity contribution in [2.45, 2.75) is 32.3 Å². The van der Waals surface area contributed by atoms with Crippen LogP contribution in [0.1, 0.15) is 29.2 Å². The fourth-order valence-corrected chi connectivity index (χ4v) is 5.82. The van der Waals surface area contributed by atoms with Gasteiger partial charge >= 0.3 is 0 Å². The quantitative estimate of drug-likeness (QED) is 0.151. The smallest absolute Gasteiger partial charge is 0.264 e. The van der Waals surface area contributed by atoms with Crippen molar-refractivity contribution in [1.82, 2.24) is 5.43 Å². The SMILES string of the molecule is CCOc1cc(/C=N\NC(=O)CN(c2ccc(C)cc2C)S(=O)(=O)c2ccccc2)ccc1OCc1ccc(Cl)cc1. The third-order valence-corrected chi connectivity index (χ3v) is 8.24. The molecule has 0 unspecified atom stereocenters. The van der Waals surface area contributed by atoms with Gasteiger partial charge in [-0.2, -0.15) is 5.10 Å². The van der Waals surface area contributed by atoms with E-state index in [1.54, 1.807) is 54.6 Å². The van der Waals surface area contributed by atoms with Crippen molar-refractivity contribution in [3.05, 3.63) is 118 Å². The van der Waals surface area contributed by atoms with Crippen LogP contribution in [0.2, 0.25) is 5.02 Å². The second-order valence-corrected chi connectivity index (χ2v) is 11.8. The molecule has 0 aliphatic carbocycles. The van der Waals surface area contributed by atoms with Gasteiger partial charge in [0.2, 0.25) is 0 Å². The predicted molar refractivity (Wildman–Crippen MR) is 166 cm³/mol. The van der Waals surface area contributed by atoms with E-state index in [1.165, 1.54) is 18.3 Å². The standard InChI is InChI=1S/C32H32ClN3O5S/c1-4-40-31-19-26(13-17-30(31)41-22-25-11-14-27(33)15-12-25)20-34-35-32(37)21-36(29-16-10-23(2)18-24(29)3)42(38,39)28-8-6-5-7-9-28/h5-20H,4,21-22H2,1-3H3,(H,35,37)/b34-20-. The molecular formula is C32H32ClN3O5S. The summed E-state index contributed by atoms with van der Waals surface area (Å²) in [6, 6.07) is 26.1. The number of hydrogen-bond acceptors (Lipinski definition) is 6. The van der Waals surface area contributed by atoms with Gasteiger partial charge < -0.3 is 9.47 Å². The Hall–Kier alpha value is -4.34. The predicted octanol–water partition coefficient (Wildman–Crippen LogP) is 6.28. The molecule has 4 aromatic rings. The van der Waals surface area contributed by atoms with E-state index in [1.807, 2.05) is 45.0 Å². The molecule has 0 fully saturated rings. The van der Waals surface area contributed by atoms with Crippen LogP contribution in [0.25, 0.3) is 0 Å². The fourth-order valence-electron chi connectivity index (χ4n) is 4.18. The van der Waals surface area contributed by atoms with E-state index in [4.69, 9.17) is 21.1 Å². The number of rotatable bonds is 12. The minimum atomic E-state index is -4.02. The molecule has 42 heavy (non-hydrogen) atoms. The lowest BCUT2D eigenvalue weighted by Gasteiger charge is -2.25. The summed E-state index contributed by atoms with van der Waals surface area (Å²) in [5.41, 5.74) is 6.18. The fraction of sp³-hybridized carbons (Fsp3) is 0.188. The highest BCUT2D eigenvalue weighted by molar-refractivity contribution is 7.92. The maximum atomic E-state index is 13.6. The summed E-state index contributed by atoms with van der Waals surface area (Å²) < 4.78 is 39.9. The van der Waals surface area contributed by atoms with E-state index < -0.39 is 22.5 Å². The number of amides is 1. The van der Waals surface area contributed by atoms with E-state index >= 15 is 0 Å². The molecule has 218 valence electrons. The average Bonchev–Trinajstić information content (AvgIpc) is 2.97. The van der Waals surface area contributed by atoms with Crippen LogP contribution >= 0.6 is 11.6 Å². The van der Waals surface area contributed by atoms with Crippen molar-refractivity contribution >= 4 is 39.4 Å². The lowest BCUT2D eigenvalue weighted by atomic mass is 10.1. The summed E-state index contributed by atoms with van der Waals surface area (Å²) in [7, 11) is -4.02. The van der Waals surface area contributed by atoms with E-state index in [0.29, 0.717) is 41.0 Å². The number of halogens is 1. The van der Waals surface area contributed by atoms with Crippen molar-refractivity contribution in [3.8, 4) is 11.5 Å². The van der Waals surface area contributed by atoms with Gasteiger partial charge in [-0.15, -0.1) is 0 Å². The monoisotopic (exact) mass is 605 g/mol. The van der Waals surface area contributed by atoms with E-state index in [-0.39, 0.29) is 4.90 Å². The van der Waals surface area contributed by atoms with Crippen LogP contribution in [0.3, 0.4) is 0 Å². The molecule has 10 heteroatoms. The number of nitrogens with one attached hydrogen (secondary N) is 1. The number of ether oxygens (including phenoxy) is 2. The van der Waals surface area contributed by atoms with Gasteiger partial charge in [-0.1, -0.05) is 59.6 Å². The maximum absolute atomic E-state index is 13.6. The van der Waals surface area contributed by atoms with Crippen LogP contribution in [0, 0.1) is 13.8 Å². The van der Waals surface area contributed by atoms with Crippen molar-refractivity contribution in [3.63, 3.8) is 0 Å². The molecule has 0 aliphatic heterocycles. The number of sulfonamides is 1. The molecule has 0 saturated carbocycles. The molecule has 0 bridgehead atoms. The van der Waals surface area contributed by atoms with Gasteiger partial charge in [0.25, 0.3) is 15.9 Å². The molecule has 1 N–H and O–H groups in total. The molecule has 0 aliphatic rings. The Kier molecular flexibility index (Phi) is 10.2. The lowest BCUT2D eigenvalue weighted by Crippen LogP contribution is -2.40. The lowest BCUT2D eigenvalue weighted by molar-refractivity contribution is -0.119. The number of aryl methyl sites for hydroxylation is 2. The van der Waals surface area contributed by atoms with Gasteiger partial charge in [0.15, 0.2) is 11.5 Å². The first kappa shape index (κ1) is 30.6. The number of hydrogen-bond donors (Lipinski definition) is 1. The Balaban J connectivity index is 1.48. The zero-order valence-corrected chi connectivity index (χ0v) is 25.2. The Labute approximate surface area is 251 Å². The van der Waals surface area contributed by atoms with Gasteiger partial charge in [0.05, 0.1) is 23.4 Å². The topological polar surface area (TPSA) is 97.3 Å². The van der Waals surface area contributed by atoms with Gasteiger partial charge in [-0.25, -0.2) is 13.8 Å². The normalized spacial score (nSPS) is 11.3. The molecule has 1 amide bonds. The minimum absolute atomic E-state index is 0.0862. The molecule has 0 spiro atoms. The maximum Gasteiger partial charge on any atom is 0.264 e. The molecule has 0 heterocycles. The Morgan fingerprint density at radius 3 is 2.36 bits per heavy atom. The molecule has 0 aromatic heterocycles. The van der Waals surface area contributed by atoms with Crippen LogP contribution in [0.5, 0.6) is 11.5 Å². The van der Waals surface area contributed by atoms with Crippen LogP contribution in [-0.2, 0) is 21.4 Å². The highest BCUT2D eigenvalue weighted by atomic mass is 35.5. The summed E-state index contributed by atoms with van der Waals surface area (Å²) in [6.07, 6.45) is 1.45. The first-order valence-corrected chi connectivity index (χ1v) is 15.1. The number of benzene rings is 4. The largest absolute Gasteiger partial charge is 0.490 e. The summed E-state index contributed by atoms with van der Waals surface area (Å²) >= 11 is 5.95.